The van der Waals surface area contributed by atoms with E-state index >= 15 is 0 Å². The molecule has 1 unspecified atom stereocenters. The summed E-state index contributed by atoms with van der Waals surface area (Å²) in [4.78, 5) is 4.03. The minimum atomic E-state index is -3.02. The molecule has 1 aliphatic rings. The molecular weight excluding hydrogens is 538 g/mol. The third kappa shape index (κ3) is 7.74. The highest BCUT2D eigenvalue weighted by Gasteiger charge is 2.27. The first-order valence-corrected chi connectivity index (χ1v) is 10.4. The molecule has 1 fully saturated rings. The summed E-state index contributed by atoms with van der Waals surface area (Å²) in [5.41, 5.74) is 0.342. The molecule has 0 amide bonds. The van der Waals surface area contributed by atoms with E-state index in [1.165, 1.54) is 12.1 Å². The number of benzene rings is 1. The van der Waals surface area contributed by atoms with E-state index in [1.54, 1.807) is 7.05 Å². The molecule has 0 aromatic heterocycles. The Kier molecular flexibility index (Phi) is 9.80. The van der Waals surface area contributed by atoms with Crippen LogP contribution in [0.1, 0.15) is 12.0 Å². The quantitative estimate of drug-likeness (QED) is 0.319. The lowest BCUT2D eigenvalue weighted by Crippen LogP contribution is -2.39. The Hall–Kier alpha value is -0.590. The highest BCUT2D eigenvalue weighted by Crippen LogP contribution is 2.33. The number of alkyl halides is 2. The summed E-state index contributed by atoms with van der Waals surface area (Å²) in [6, 6.07) is 2.78. The average molecular weight is 558 g/mol. The monoisotopic (exact) mass is 557 g/mol. The van der Waals surface area contributed by atoms with Gasteiger partial charge in [0.15, 0.2) is 15.8 Å². The lowest BCUT2D eigenvalue weighted by molar-refractivity contribution is -0.0504. The van der Waals surface area contributed by atoms with E-state index in [0.29, 0.717) is 24.5 Å². The topological polar surface area (TPSA) is 79.8 Å². The summed E-state index contributed by atoms with van der Waals surface area (Å²) < 4.78 is 52.6. The molecule has 0 bridgehead atoms. The van der Waals surface area contributed by atoms with Crippen molar-refractivity contribution in [3.05, 3.63) is 27.7 Å². The number of hydrogen-bond acceptors (Lipinski definition) is 4. The van der Waals surface area contributed by atoms with Crippen LogP contribution >= 0.6 is 47.2 Å². The standard InChI is InChI=1S/C15H19Cl2F2N3O3S.HI/c1-20-15(21-6-9-2-3-26(23,24)8-9)22-7-10-4-11(16)5-12(17)13(10)25-14(18)19;/h4-5,9,14H,2-3,6-8H2,1H3,(H2,20,21,22);1H. The van der Waals surface area contributed by atoms with Crippen LogP contribution in [0, 0.1) is 5.92 Å². The summed E-state index contributed by atoms with van der Waals surface area (Å²) in [6.45, 7) is -2.49. The number of halogens is 5. The molecule has 12 heteroatoms. The summed E-state index contributed by atoms with van der Waals surface area (Å²) in [5.74, 6) is 0.592. The van der Waals surface area contributed by atoms with Gasteiger partial charge in [-0.2, -0.15) is 8.78 Å². The average Bonchev–Trinajstić information content (AvgIpc) is 2.89. The number of sulfone groups is 1. The van der Waals surface area contributed by atoms with Crippen molar-refractivity contribution in [1.82, 2.24) is 10.6 Å². The Morgan fingerprint density at radius 3 is 2.63 bits per heavy atom. The van der Waals surface area contributed by atoms with Crippen molar-refractivity contribution in [1.29, 1.82) is 0 Å². The molecular formula is C15H20Cl2F2IN3O3S. The van der Waals surface area contributed by atoms with Crippen LogP contribution in [0.5, 0.6) is 5.75 Å². The van der Waals surface area contributed by atoms with Gasteiger partial charge in [0.25, 0.3) is 0 Å². The normalized spacial score (nSPS) is 18.9. The van der Waals surface area contributed by atoms with Gasteiger partial charge in [-0.15, -0.1) is 24.0 Å². The first kappa shape index (κ1) is 24.4. The fraction of sp³-hybridized carbons (Fsp3) is 0.533. The zero-order chi connectivity index (χ0) is 19.3. The molecule has 1 saturated heterocycles. The molecule has 0 saturated carbocycles. The van der Waals surface area contributed by atoms with Crippen molar-refractivity contribution in [2.75, 3.05) is 25.1 Å². The summed E-state index contributed by atoms with van der Waals surface area (Å²) >= 11 is 11.9. The summed E-state index contributed by atoms with van der Waals surface area (Å²) in [7, 11) is -1.41. The van der Waals surface area contributed by atoms with Gasteiger partial charge in [-0.3, -0.25) is 4.99 Å². The zero-order valence-corrected chi connectivity index (χ0v) is 19.0. The van der Waals surface area contributed by atoms with Crippen LogP contribution in [0.25, 0.3) is 0 Å². The largest absolute Gasteiger partial charge is 0.433 e. The van der Waals surface area contributed by atoms with Crippen LogP contribution < -0.4 is 15.4 Å². The van der Waals surface area contributed by atoms with E-state index in [-0.39, 0.29) is 63.7 Å². The zero-order valence-electron chi connectivity index (χ0n) is 14.3. The second-order valence-electron chi connectivity index (χ2n) is 5.83. The van der Waals surface area contributed by atoms with Crippen molar-refractivity contribution < 1.29 is 21.9 Å². The first-order chi connectivity index (χ1) is 12.2. The van der Waals surface area contributed by atoms with Gasteiger partial charge < -0.3 is 15.4 Å². The molecule has 1 aromatic rings. The van der Waals surface area contributed by atoms with Crippen molar-refractivity contribution in [3.8, 4) is 5.75 Å². The van der Waals surface area contributed by atoms with Crippen LogP contribution in [0.4, 0.5) is 8.78 Å². The van der Waals surface area contributed by atoms with Crippen LogP contribution in [0.2, 0.25) is 10.0 Å². The molecule has 0 aliphatic carbocycles. The molecule has 0 spiro atoms. The van der Waals surface area contributed by atoms with Gasteiger partial charge >= 0.3 is 6.61 Å². The molecule has 1 heterocycles. The Morgan fingerprint density at radius 1 is 1.37 bits per heavy atom. The Balaban J connectivity index is 0.00000364. The van der Waals surface area contributed by atoms with Crippen LogP contribution in [0.3, 0.4) is 0 Å². The smallest absolute Gasteiger partial charge is 0.387 e. The maximum Gasteiger partial charge on any atom is 0.387 e. The number of ether oxygens (including phenoxy) is 1. The number of hydrogen-bond donors (Lipinski definition) is 2. The van der Waals surface area contributed by atoms with Crippen molar-refractivity contribution >= 4 is 63.0 Å². The van der Waals surface area contributed by atoms with Gasteiger partial charge in [0.2, 0.25) is 0 Å². The van der Waals surface area contributed by atoms with E-state index in [9.17, 15) is 17.2 Å². The number of aliphatic imine (C=N–C) groups is 1. The van der Waals surface area contributed by atoms with E-state index in [0.717, 1.165) is 0 Å². The van der Waals surface area contributed by atoms with E-state index in [1.807, 2.05) is 0 Å². The summed E-state index contributed by atoms with van der Waals surface area (Å²) in [5, 5.41) is 6.24. The third-order valence-corrected chi connectivity index (χ3v) is 6.18. The second-order valence-corrected chi connectivity index (χ2v) is 8.90. The van der Waals surface area contributed by atoms with E-state index in [4.69, 9.17) is 23.2 Å². The Labute approximate surface area is 184 Å². The van der Waals surface area contributed by atoms with Crippen LogP contribution in [-0.4, -0.2) is 46.1 Å². The molecule has 6 nitrogen and oxygen atoms in total. The van der Waals surface area contributed by atoms with Crippen molar-refractivity contribution in [3.63, 3.8) is 0 Å². The molecule has 27 heavy (non-hydrogen) atoms. The third-order valence-electron chi connectivity index (χ3n) is 3.85. The fourth-order valence-corrected chi connectivity index (χ4v) is 5.08. The molecule has 2 N–H and O–H groups in total. The number of rotatable bonds is 6. The Bertz CT molecular complexity index is 782. The molecule has 2 rings (SSSR count). The number of guanidine groups is 1. The molecule has 154 valence electrons. The lowest BCUT2D eigenvalue weighted by Gasteiger charge is -2.17. The van der Waals surface area contributed by atoms with Gasteiger partial charge in [0.1, 0.15) is 5.75 Å². The first-order valence-electron chi connectivity index (χ1n) is 7.78. The highest BCUT2D eigenvalue weighted by molar-refractivity contribution is 14.0. The minimum Gasteiger partial charge on any atom is -0.433 e. The van der Waals surface area contributed by atoms with Crippen LogP contribution in [-0.2, 0) is 16.4 Å². The van der Waals surface area contributed by atoms with E-state index in [2.05, 4.69) is 20.4 Å². The van der Waals surface area contributed by atoms with Gasteiger partial charge in [-0.25, -0.2) is 8.42 Å². The second kappa shape index (κ2) is 10.8. The predicted molar refractivity (Wildman–Crippen MR) is 113 cm³/mol. The summed E-state index contributed by atoms with van der Waals surface area (Å²) in [6.07, 6.45) is 0.600. The minimum absolute atomic E-state index is 0. The molecule has 1 atom stereocenters. The molecule has 1 aliphatic heterocycles. The van der Waals surface area contributed by atoms with E-state index < -0.39 is 16.4 Å². The maximum absolute atomic E-state index is 12.6. The number of nitrogens with zero attached hydrogens (tertiary/aromatic N) is 1. The number of nitrogens with one attached hydrogen (secondary N) is 2. The predicted octanol–water partition coefficient (Wildman–Crippen LogP) is 3.31. The highest BCUT2D eigenvalue weighted by atomic mass is 127. The van der Waals surface area contributed by atoms with Gasteiger partial charge in [0.05, 0.1) is 16.5 Å². The fourth-order valence-electron chi connectivity index (χ4n) is 2.64. The van der Waals surface area contributed by atoms with Gasteiger partial charge in [-0.1, -0.05) is 23.2 Å². The van der Waals surface area contributed by atoms with Crippen molar-refractivity contribution in [2.24, 2.45) is 10.9 Å². The lowest BCUT2D eigenvalue weighted by atomic mass is 10.1. The molecule has 0 radical (unpaired) electrons. The Morgan fingerprint density at radius 2 is 2.07 bits per heavy atom. The van der Waals surface area contributed by atoms with Crippen LogP contribution in [0.15, 0.2) is 17.1 Å². The SMILES string of the molecule is CN=C(NCc1cc(Cl)cc(Cl)c1OC(F)F)NCC1CCS(=O)(=O)C1.I. The van der Waals surface area contributed by atoms with Gasteiger partial charge in [-0.05, 0) is 24.5 Å². The van der Waals surface area contributed by atoms with Crippen molar-refractivity contribution in [2.45, 2.75) is 19.6 Å². The van der Waals surface area contributed by atoms with Gasteiger partial charge in [0, 0.05) is 30.7 Å². The maximum atomic E-state index is 12.6. The molecule has 1 aromatic carbocycles.